The van der Waals surface area contributed by atoms with E-state index in [2.05, 4.69) is 4.98 Å². The van der Waals surface area contributed by atoms with Gasteiger partial charge in [0.15, 0.2) is 0 Å². The molecular weight excluding hydrogens is 216 g/mol. The Bertz CT molecular complexity index is 402. The lowest BCUT2D eigenvalue weighted by molar-refractivity contribution is 0.0705. The van der Waals surface area contributed by atoms with Crippen LogP contribution >= 0.6 is 0 Å². The Morgan fingerprint density at radius 2 is 2.29 bits per heavy atom. The summed E-state index contributed by atoms with van der Waals surface area (Å²) in [5.74, 6) is 0.655. The number of pyridine rings is 1. The van der Waals surface area contributed by atoms with Crippen molar-refractivity contribution in [3.63, 3.8) is 0 Å². The smallest absolute Gasteiger partial charge is 0.255 e. The molecule has 17 heavy (non-hydrogen) atoms. The number of aromatic nitrogens is 1. The molecule has 1 aliphatic carbocycles. The summed E-state index contributed by atoms with van der Waals surface area (Å²) >= 11 is 0. The first-order valence-electron chi connectivity index (χ1n) is 6.14. The Balaban J connectivity index is 2.05. The van der Waals surface area contributed by atoms with Crippen LogP contribution in [0.2, 0.25) is 0 Å². The van der Waals surface area contributed by atoms with Gasteiger partial charge in [-0.1, -0.05) is 6.42 Å². The molecule has 0 bridgehead atoms. The summed E-state index contributed by atoms with van der Waals surface area (Å²) in [6.07, 6.45) is 6.57. The molecule has 1 aromatic heterocycles. The molecule has 1 aromatic rings. The maximum Gasteiger partial charge on any atom is 0.255 e. The Morgan fingerprint density at radius 1 is 1.53 bits per heavy atom. The lowest BCUT2D eigenvalue weighted by Gasteiger charge is -2.31. The fraction of sp³-hybridized carbons (Fsp3) is 0.538. The van der Waals surface area contributed by atoms with Crippen molar-refractivity contribution < 1.29 is 9.90 Å². The SMILES string of the molecule is CCN(CC1CCC1)C(=O)c1cncc(O)c1. The highest BCUT2D eigenvalue weighted by atomic mass is 16.3. The van der Waals surface area contributed by atoms with Gasteiger partial charge in [-0.2, -0.15) is 0 Å². The van der Waals surface area contributed by atoms with E-state index in [0.717, 1.165) is 6.54 Å². The molecule has 0 aromatic carbocycles. The molecule has 2 rings (SSSR count). The average Bonchev–Trinajstić information content (AvgIpc) is 2.27. The third-order valence-corrected chi connectivity index (χ3v) is 3.34. The molecule has 0 spiro atoms. The Labute approximate surface area is 101 Å². The van der Waals surface area contributed by atoms with Crippen molar-refractivity contribution in [1.29, 1.82) is 0 Å². The quantitative estimate of drug-likeness (QED) is 0.867. The van der Waals surface area contributed by atoms with Gasteiger partial charge < -0.3 is 10.0 Å². The van der Waals surface area contributed by atoms with Crippen LogP contribution in [-0.2, 0) is 0 Å². The van der Waals surface area contributed by atoms with E-state index in [-0.39, 0.29) is 11.7 Å². The van der Waals surface area contributed by atoms with Gasteiger partial charge in [0.2, 0.25) is 0 Å². The third kappa shape index (κ3) is 2.75. The molecule has 1 amide bonds. The van der Waals surface area contributed by atoms with Gasteiger partial charge in [-0.3, -0.25) is 9.78 Å². The number of carbonyl (C=O) groups is 1. The third-order valence-electron chi connectivity index (χ3n) is 3.34. The topological polar surface area (TPSA) is 53.4 Å². The normalized spacial score (nSPS) is 15.4. The molecule has 1 N–H and O–H groups in total. The van der Waals surface area contributed by atoms with Gasteiger partial charge in [0.05, 0.1) is 11.8 Å². The monoisotopic (exact) mass is 234 g/mol. The molecule has 1 heterocycles. The predicted molar refractivity (Wildman–Crippen MR) is 64.8 cm³/mol. The second-order valence-electron chi connectivity index (χ2n) is 4.57. The lowest BCUT2D eigenvalue weighted by Crippen LogP contribution is -2.37. The predicted octanol–water partition coefficient (Wildman–Crippen LogP) is 2.05. The molecule has 0 unspecified atom stereocenters. The molecule has 0 aliphatic heterocycles. The number of amides is 1. The first-order chi connectivity index (χ1) is 8.20. The van der Waals surface area contributed by atoms with Crippen LogP contribution in [-0.4, -0.2) is 34.0 Å². The van der Waals surface area contributed by atoms with Crippen molar-refractivity contribution in [3.8, 4) is 5.75 Å². The van der Waals surface area contributed by atoms with Gasteiger partial charge in [0, 0.05) is 19.3 Å². The lowest BCUT2D eigenvalue weighted by atomic mass is 9.85. The van der Waals surface area contributed by atoms with Crippen LogP contribution in [0.4, 0.5) is 0 Å². The van der Waals surface area contributed by atoms with Crippen LogP contribution < -0.4 is 0 Å². The van der Waals surface area contributed by atoms with E-state index in [0.29, 0.717) is 18.0 Å². The number of aromatic hydroxyl groups is 1. The van der Waals surface area contributed by atoms with E-state index in [4.69, 9.17) is 0 Å². The zero-order valence-electron chi connectivity index (χ0n) is 10.1. The van der Waals surface area contributed by atoms with E-state index < -0.39 is 0 Å². The highest BCUT2D eigenvalue weighted by molar-refractivity contribution is 5.94. The highest BCUT2D eigenvalue weighted by Gasteiger charge is 2.23. The molecule has 0 saturated heterocycles. The molecule has 1 saturated carbocycles. The minimum Gasteiger partial charge on any atom is -0.506 e. The molecule has 0 atom stereocenters. The Hall–Kier alpha value is -1.58. The van der Waals surface area contributed by atoms with Gasteiger partial charge in [0.1, 0.15) is 5.75 Å². The van der Waals surface area contributed by atoms with E-state index in [1.165, 1.54) is 37.7 Å². The zero-order valence-corrected chi connectivity index (χ0v) is 10.1. The number of rotatable bonds is 4. The molecule has 1 fully saturated rings. The number of hydrogen-bond acceptors (Lipinski definition) is 3. The number of hydrogen-bond donors (Lipinski definition) is 1. The maximum absolute atomic E-state index is 12.2. The van der Waals surface area contributed by atoms with Gasteiger partial charge in [-0.25, -0.2) is 0 Å². The molecule has 4 nitrogen and oxygen atoms in total. The second kappa shape index (κ2) is 5.17. The molecule has 92 valence electrons. The van der Waals surface area contributed by atoms with Crippen molar-refractivity contribution in [2.75, 3.05) is 13.1 Å². The number of carbonyl (C=O) groups excluding carboxylic acids is 1. The summed E-state index contributed by atoms with van der Waals surface area (Å²) in [5.41, 5.74) is 0.464. The average molecular weight is 234 g/mol. The van der Waals surface area contributed by atoms with Crippen molar-refractivity contribution in [3.05, 3.63) is 24.0 Å². The first kappa shape index (κ1) is 11.9. The van der Waals surface area contributed by atoms with E-state index in [1.54, 1.807) is 0 Å². The second-order valence-corrected chi connectivity index (χ2v) is 4.57. The fourth-order valence-electron chi connectivity index (χ4n) is 2.07. The van der Waals surface area contributed by atoms with Gasteiger partial charge in [0.25, 0.3) is 5.91 Å². The maximum atomic E-state index is 12.2. The van der Waals surface area contributed by atoms with E-state index in [1.807, 2.05) is 11.8 Å². The summed E-state index contributed by atoms with van der Waals surface area (Å²) in [6, 6.07) is 1.47. The summed E-state index contributed by atoms with van der Waals surface area (Å²) in [4.78, 5) is 17.8. The van der Waals surface area contributed by atoms with Crippen molar-refractivity contribution >= 4 is 5.91 Å². The Morgan fingerprint density at radius 3 is 2.82 bits per heavy atom. The van der Waals surface area contributed by atoms with Gasteiger partial charge in [-0.05, 0) is 31.7 Å². The fourth-order valence-corrected chi connectivity index (χ4v) is 2.07. The van der Waals surface area contributed by atoms with Crippen LogP contribution in [0, 0.1) is 5.92 Å². The van der Waals surface area contributed by atoms with Crippen molar-refractivity contribution in [2.24, 2.45) is 5.92 Å². The van der Waals surface area contributed by atoms with E-state index >= 15 is 0 Å². The summed E-state index contributed by atoms with van der Waals surface area (Å²) < 4.78 is 0. The van der Waals surface area contributed by atoms with Gasteiger partial charge >= 0.3 is 0 Å². The first-order valence-corrected chi connectivity index (χ1v) is 6.14. The molecule has 4 heteroatoms. The van der Waals surface area contributed by atoms with Crippen LogP contribution in [0.3, 0.4) is 0 Å². The number of nitrogens with zero attached hydrogens (tertiary/aromatic N) is 2. The summed E-state index contributed by atoms with van der Waals surface area (Å²) in [6.45, 7) is 3.50. The highest BCUT2D eigenvalue weighted by Crippen LogP contribution is 2.27. The van der Waals surface area contributed by atoms with Crippen LogP contribution in [0.25, 0.3) is 0 Å². The minimum atomic E-state index is -0.0391. The standard InChI is InChI=1S/C13H18N2O2/c1-2-15(9-10-4-3-5-10)13(17)11-6-12(16)8-14-7-11/h6-8,10,16H,2-5,9H2,1H3. The van der Waals surface area contributed by atoms with Gasteiger partial charge in [-0.15, -0.1) is 0 Å². The summed E-state index contributed by atoms with van der Waals surface area (Å²) in [7, 11) is 0. The zero-order chi connectivity index (χ0) is 12.3. The Kier molecular flexibility index (Phi) is 3.61. The largest absolute Gasteiger partial charge is 0.506 e. The van der Waals surface area contributed by atoms with Crippen LogP contribution in [0.5, 0.6) is 5.75 Å². The summed E-state index contributed by atoms with van der Waals surface area (Å²) in [5, 5.41) is 9.32. The van der Waals surface area contributed by atoms with Crippen molar-refractivity contribution in [1.82, 2.24) is 9.88 Å². The van der Waals surface area contributed by atoms with E-state index in [9.17, 15) is 9.90 Å². The molecule has 1 aliphatic rings. The molecule has 0 radical (unpaired) electrons. The molecular formula is C13H18N2O2. The van der Waals surface area contributed by atoms with Crippen LogP contribution in [0.1, 0.15) is 36.5 Å². The van der Waals surface area contributed by atoms with Crippen LogP contribution in [0.15, 0.2) is 18.5 Å². The minimum absolute atomic E-state index is 0.0375. The van der Waals surface area contributed by atoms with Crippen molar-refractivity contribution in [2.45, 2.75) is 26.2 Å².